The van der Waals surface area contributed by atoms with Crippen LogP contribution in [0.5, 0.6) is 0 Å². The number of nitrogens with one attached hydrogen (secondary N) is 4. The van der Waals surface area contributed by atoms with Crippen molar-refractivity contribution in [1.82, 2.24) is 25.8 Å². The van der Waals surface area contributed by atoms with Crippen LogP contribution in [0, 0.1) is 0 Å². The van der Waals surface area contributed by atoms with Crippen LogP contribution in [0.2, 0.25) is 0 Å². The van der Waals surface area contributed by atoms with Gasteiger partial charge < -0.3 is 16.0 Å². The molecule has 0 saturated heterocycles. The summed E-state index contributed by atoms with van der Waals surface area (Å²) in [6.07, 6.45) is 5.60. The number of fused-ring (bicyclic) bond motifs is 1. The van der Waals surface area contributed by atoms with Crippen LogP contribution in [0.15, 0.2) is 66.9 Å². The van der Waals surface area contributed by atoms with Crippen LogP contribution in [-0.2, 0) is 4.79 Å². The summed E-state index contributed by atoms with van der Waals surface area (Å²) in [4.78, 5) is 27.9. The smallest absolute Gasteiger partial charge is 0.253 e. The number of aromatic amines is 1. The van der Waals surface area contributed by atoms with E-state index in [1.807, 2.05) is 66.7 Å². The number of anilines is 2. The first-order valence-corrected chi connectivity index (χ1v) is 10.6. The second kappa shape index (κ2) is 10.2. The maximum atomic E-state index is 12.6. The molecule has 0 aliphatic carbocycles. The Hall–Kier alpha value is -4.46. The predicted molar refractivity (Wildman–Crippen MR) is 130 cm³/mol. The number of carbonyl (C=O) groups is 2. The number of carbonyl (C=O) groups excluding carboxylic acids is 2. The van der Waals surface area contributed by atoms with Crippen molar-refractivity contribution in [3.63, 3.8) is 0 Å². The van der Waals surface area contributed by atoms with Gasteiger partial charge in [0.15, 0.2) is 0 Å². The monoisotopic (exact) mass is 440 g/mol. The number of nitrogens with zero attached hydrogens (tertiary/aromatic N) is 2. The topological polar surface area (TPSA) is 112 Å². The summed E-state index contributed by atoms with van der Waals surface area (Å²) in [6, 6.07) is 18.9. The summed E-state index contributed by atoms with van der Waals surface area (Å²) in [5, 5.41) is 17.2. The molecule has 8 heteroatoms. The van der Waals surface area contributed by atoms with Gasteiger partial charge in [-0.05, 0) is 54.6 Å². The van der Waals surface area contributed by atoms with Crippen molar-refractivity contribution in [3.8, 4) is 0 Å². The fourth-order valence-electron chi connectivity index (χ4n) is 3.34. The van der Waals surface area contributed by atoms with E-state index in [1.165, 1.54) is 6.92 Å². The van der Waals surface area contributed by atoms with Crippen molar-refractivity contribution in [3.05, 3.63) is 83.8 Å². The third-order valence-electron chi connectivity index (χ3n) is 4.93. The van der Waals surface area contributed by atoms with Gasteiger partial charge in [-0.2, -0.15) is 5.10 Å². The van der Waals surface area contributed by atoms with Gasteiger partial charge in [-0.1, -0.05) is 18.2 Å². The molecule has 8 nitrogen and oxygen atoms in total. The first kappa shape index (κ1) is 21.8. The summed E-state index contributed by atoms with van der Waals surface area (Å²) < 4.78 is 0. The molecule has 0 unspecified atom stereocenters. The first-order valence-electron chi connectivity index (χ1n) is 10.6. The van der Waals surface area contributed by atoms with Gasteiger partial charge in [0.25, 0.3) is 5.91 Å². The van der Waals surface area contributed by atoms with Crippen molar-refractivity contribution in [2.24, 2.45) is 0 Å². The van der Waals surface area contributed by atoms with E-state index in [0.717, 1.165) is 28.0 Å². The summed E-state index contributed by atoms with van der Waals surface area (Å²) in [5.41, 5.74) is 4.58. The molecule has 0 aliphatic heterocycles. The van der Waals surface area contributed by atoms with E-state index < -0.39 is 0 Å². The van der Waals surface area contributed by atoms with Gasteiger partial charge in [0, 0.05) is 37.3 Å². The number of rotatable bonds is 8. The fraction of sp³-hybridized carbons (Fsp3) is 0.120. The first-order chi connectivity index (χ1) is 16.1. The molecule has 2 aromatic heterocycles. The minimum Gasteiger partial charge on any atom is -0.355 e. The molecular formula is C25H24N6O2. The molecule has 0 atom stereocenters. The van der Waals surface area contributed by atoms with Gasteiger partial charge in [0.05, 0.1) is 28.2 Å². The largest absolute Gasteiger partial charge is 0.355 e. The molecule has 4 rings (SSSR count). The van der Waals surface area contributed by atoms with E-state index in [0.29, 0.717) is 24.3 Å². The van der Waals surface area contributed by atoms with Crippen molar-refractivity contribution in [1.29, 1.82) is 0 Å². The molecule has 0 fully saturated rings. The molecule has 33 heavy (non-hydrogen) atoms. The SMILES string of the molecule is CC(=O)NCCNC(=O)c1ccccc1Nc1ccc2c(/C=C/c3ccccn3)n[nH]c2c1. The van der Waals surface area contributed by atoms with Crippen LogP contribution in [0.1, 0.15) is 28.7 Å². The Balaban J connectivity index is 1.48. The lowest BCUT2D eigenvalue weighted by Gasteiger charge is -2.12. The van der Waals surface area contributed by atoms with E-state index in [9.17, 15) is 9.59 Å². The van der Waals surface area contributed by atoms with Gasteiger partial charge in [0.2, 0.25) is 5.91 Å². The van der Waals surface area contributed by atoms with Gasteiger partial charge in [-0.25, -0.2) is 0 Å². The molecule has 0 aliphatic rings. The number of para-hydroxylation sites is 1. The molecule has 4 aromatic rings. The molecule has 4 N–H and O–H groups in total. The van der Waals surface area contributed by atoms with Gasteiger partial charge in [0.1, 0.15) is 0 Å². The highest BCUT2D eigenvalue weighted by Gasteiger charge is 2.11. The fourth-order valence-corrected chi connectivity index (χ4v) is 3.34. The number of hydrogen-bond donors (Lipinski definition) is 4. The Kier molecular flexibility index (Phi) is 6.75. The minimum atomic E-state index is -0.215. The highest BCUT2D eigenvalue weighted by molar-refractivity contribution is 6.00. The Morgan fingerprint density at radius 1 is 0.970 bits per heavy atom. The summed E-state index contributed by atoms with van der Waals surface area (Å²) >= 11 is 0. The Morgan fingerprint density at radius 3 is 2.61 bits per heavy atom. The van der Waals surface area contributed by atoms with Crippen LogP contribution >= 0.6 is 0 Å². The zero-order chi connectivity index (χ0) is 23.0. The minimum absolute atomic E-state index is 0.129. The second-order valence-corrected chi connectivity index (χ2v) is 7.37. The van der Waals surface area contributed by atoms with Crippen LogP contribution in [0.25, 0.3) is 23.1 Å². The van der Waals surface area contributed by atoms with Crippen molar-refractivity contribution in [2.75, 3.05) is 18.4 Å². The molecule has 2 aromatic carbocycles. The Bertz CT molecular complexity index is 1300. The van der Waals surface area contributed by atoms with E-state index in [2.05, 4.69) is 31.1 Å². The molecule has 166 valence electrons. The molecule has 2 amide bonds. The van der Waals surface area contributed by atoms with E-state index >= 15 is 0 Å². The second-order valence-electron chi connectivity index (χ2n) is 7.37. The summed E-state index contributed by atoms with van der Waals surface area (Å²) in [5.74, 6) is -0.344. The highest BCUT2D eigenvalue weighted by atomic mass is 16.2. The summed E-state index contributed by atoms with van der Waals surface area (Å²) in [6.45, 7) is 2.17. The number of amides is 2. The van der Waals surface area contributed by atoms with Gasteiger partial charge in [-0.15, -0.1) is 0 Å². The average molecular weight is 441 g/mol. The van der Waals surface area contributed by atoms with Gasteiger partial charge in [-0.3, -0.25) is 19.7 Å². The Labute approximate surface area is 191 Å². The maximum Gasteiger partial charge on any atom is 0.253 e. The third kappa shape index (κ3) is 5.62. The normalized spacial score (nSPS) is 10.9. The van der Waals surface area contributed by atoms with E-state index in [4.69, 9.17) is 0 Å². The molecule has 0 bridgehead atoms. The predicted octanol–water partition coefficient (Wildman–Crippen LogP) is 3.74. The number of aromatic nitrogens is 3. The maximum absolute atomic E-state index is 12.6. The zero-order valence-corrected chi connectivity index (χ0v) is 18.1. The molecule has 0 radical (unpaired) electrons. The quantitative estimate of drug-likeness (QED) is 0.312. The van der Waals surface area contributed by atoms with Crippen LogP contribution in [0.4, 0.5) is 11.4 Å². The lowest BCUT2D eigenvalue weighted by Crippen LogP contribution is -2.33. The number of H-pyrrole nitrogens is 1. The van der Waals surface area contributed by atoms with E-state index in [-0.39, 0.29) is 11.8 Å². The lowest BCUT2D eigenvalue weighted by molar-refractivity contribution is -0.118. The third-order valence-corrected chi connectivity index (χ3v) is 4.93. The van der Waals surface area contributed by atoms with E-state index in [1.54, 1.807) is 12.3 Å². The van der Waals surface area contributed by atoms with Crippen molar-refractivity contribution >= 4 is 46.2 Å². The lowest BCUT2D eigenvalue weighted by atomic mass is 10.1. The highest BCUT2D eigenvalue weighted by Crippen LogP contribution is 2.26. The zero-order valence-electron chi connectivity index (χ0n) is 18.1. The Morgan fingerprint density at radius 2 is 1.79 bits per heavy atom. The van der Waals surface area contributed by atoms with Crippen LogP contribution in [-0.4, -0.2) is 40.1 Å². The van der Waals surface area contributed by atoms with Crippen molar-refractivity contribution in [2.45, 2.75) is 6.92 Å². The van der Waals surface area contributed by atoms with Crippen molar-refractivity contribution < 1.29 is 9.59 Å². The number of benzene rings is 2. The van der Waals surface area contributed by atoms with Crippen LogP contribution in [0.3, 0.4) is 0 Å². The molecule has 0 spiro atoms. The number of pyridine rings is 1. The standard InChI is InChI=1S/C25H24N6O2/c1-17(32)26-14-15-28-25(33)21-7-2-3-8-22(21)29-19-9-11-20-23(30-31-24(20)16-19)12-10-18-6-4-5-13-27-18/h2-13,16,29H,14-15H2,1H3,(H,26,32)(H,28,33)(H,30,31)/b12-10+. The summed E-state index contributed by atoms with van der Waals surface area (Å²) in [7, 11) is 0. The molecule has 0 saturated carbocycles. The average Bonchev–Trinajstić information content (AvgIpc) is 3.23. The van der Waals surface area contributed by atoms with Crippen LogP contribution < -0.4 is 16.0 Å². The molecule has 2 heterocycles. The number of hydrogen-bond acceptors (Lipinski definition) is 5. The van der Waals surface area contributed by atoms with Gasteiger partial charge >= 0.3 is 0 Å². The molecular weight excluding hydrogens is 416 g/mol.